The predicted octanol–water partition coefficient (Wildman–Crippen LogP) is 6.16. The Morgan fingerprint density at radius 2 is 1.92 bits per heavy atom. The Labute approximate surface area is 236 Å². The summed E-state index contributed by atoms with van der Waals surface area (Å²) >= 11 is 7.87. The zero-order valence-corrected chi connectivity index (χ0v) is 23.3. The highest BCUT2D eigenvalue weighted by Crippen LogP contribution is 2.34. The first-order chi connectivity index (χ1) is 18.9. The maximum Gasteiger partial charge on any atom is 0.254 e. The average molecular weight is 565 g/mol. The first kappa shape index (κ1) is 26.8. The van der Waals surface area contributed by atoms with E-state index in [1.165, 1.54) is 9.78 Å². The van der Waals surface area contributed by atoms with Gasteiger partial charge in [-0.3, -0.25) is 9.59 Å². The number of hydrogen-bond acceptors (Lipinski definition) is 6. The summed E-state index contributed by atoms with van der Waals surface area (Å²) in [5.41, 5.74) is 2.48. The van der Waals surface area contributed by atoms with Gasteiger partial charge in [0, 0.05) is 22.0 Å². The fraction of sp³-hybridized carbons (Fsp3) is 0.267. The van der Waals surface area contributed by atoms with Crippen LogP contribution in [0.3, 0.4) is 0 Å². The molecule has 0 saturated heterocycles. The molecule has 1 unspecified atom stereocenters. The molecule has 2 aromatic carbocycles. The molecule has 9 heteroatoms. The number of benzene rings is 2. The number of halogens is 1. The van der Waals surface area contributed by atoms with Crippen molar-refractivity contribution in [2.45, 2.75) is 25.9 Å². The summed E-state index contributed by atoms with van der Waals surface area (Å²) in [6.45, 7) is 2.84. The zero-order valence-electron chi connectivity index (χ0n) is 21.8. The molecule has 3 heterocycles. The van der Waals surface area contributed by atoms with Crippen LogP contribution in [-0.4, -0.2) is 48.4 Å². The van der Waals surface area contributed by atoms with Crippen LogP contribution in [0.2, 0.25) is 5.02 Å². The van der Waals surface area contributed by atoms with Gasteiger partial charge < -0.3 is 23.7 Å². The summed E-state index contributed by atoms with van der Waals surface area (Å²) < 4.78 is 16.9. The number of aryl methyl sites for hydroxylation is 1. The third-order valence-electron chi connectivity index (χ3n) is 6.83. The third kappa shape index (κ3) is 6.13. The quantitative estimate of drug-likeness (QED) is 0.243. The molecule has 0 spiro atoms. The van der Waals surface area contributed by atoms with Crippen molar-refractivity contribution < 1.29 is 23.5 Å². The highest BCUT2D eigenvalue weighted by atomic mass is 35.5. The van der Waals surface area contributed by atoms with Crippen molar-refractivity contribution in [3.8, 4) is 11.5 Å². The van der Waals surface area contributed by atoms with E-state index in [4.69, 9.17) is 25.5 Å². The van der Waals surface area contributed by atoms with Crippen LogP contribution >= 0.6 is 22.9 Å². The van der Waals surface area contributed by atoms with Crippen LogP contribution in [0, 0.1) is 6.92 Å². The second-order valence-electron chi connectivity index (χ2n) is 9.34. The monoisotopic (exact) mass is 564 g/mol. The summed E-state index contributed by atoms with van der Waals surface area (Å²) in [7, 11) is 1.57. The summed E-state index contributed by atoms with van der Waals surface area (Å²) in [5, 5.41) is 2.73. The van der Waals surface area contributed by atoms with Crippen LogP contribution < -0.4 is 9.47 Å². The highest BCUT2D eigenvalue weighted by molar-refractivity contribution is 7.10. The molecule has 0 saturated carbocycles. The fourth-order valence-corrected chi connectivity index (χ4v) is 5.76. The van der Waals surface area contributed by atoms with Crippen LogP contribution in [0.4, 0.5) is 0 Å². The van der Waals surface area contributed by atoms with Crippen LogP contribution in [0.25, 0.3) is 0 Å². The van der Waals surface area contributed by atoms with Crippen molar-refractivity contribution in [1.82, 2.24) is 9.80 Å². The topological polar surface area (TPSA) is 72.2 Å². The van der Waals surface area contributed by atoms with Gasteiger partial charge in [-0.25, -0.2) is 0 Å². The maximum absolute atomic E-state index is 13.8. The average Bonchev–Trinajstić information content (AvgIpc) is 3.65. The molecule has 0 bridgehead atoms. The molecule has 1 atom stereocenters. The van der Waals surface area contributed by atoms with Crippen LogP contribution in [-0.2, 0) is 17.8 Å². The van der Waals surface area contributed by atoms with E-state index < -0.39 is 0 Å². The van der Waals surface area contributed by atoms with E-state index in [1.807, 2.05) is 30.0 Å². The molecule has 0 N–H and O–H groups in total. The van der Waals surface area contributed by atoms with E-state index in [0.717, 1.165) is 17.5 Å². The van der Waals surface area contributed by atoms with Gasteiger partial charge in [0.25, 0.3) is 5.91 Å². The molecule has 1 aliphatic heterocycles. The number of carbonyl (C=O) groups is 2. The summed E-state index contributed by atoms with van der Waals surface area (Å²) in [5.74, 6) is 1.53. The molecule has 0 radical (unpaired) electrons. The molecule has 202 valence electrons. The van der Waals surface area contributed by atoms with Gasteiger partial charge in [0.2, 0.25) is 5.91 Å². The van der Waals surface area contributed by atoms with E-state index in [1.54, 1.807) is 61.1 Å². The van der Waals surface area contributed by atoms with Gasteiger partial charge in [0.15, 0.2) is 0 Å². The summed E-state index contributed by atoms with van der Waals surface area (Å²) in [4.78, 5) is 32.0. The van der Waals surface area contributed by atoms with Gasteiger partial charge in [-0.15, -0.1) is 11.3 Å². The molecule has 2 amide bonds. The maximum atomic E-state index is 13.8. The molecule has 1 aliphatic rings. The standard InChI is InChI=1S/C30H29ClN2O5S/c1-20-16-23(9-10-26(20)31)38-19-27-25-12-15-39-28(25)11-13-33(27)29(34)18-32(17-24-4-3-14-37-24)30(35)21-5-7-22(36-2)8-6-21/h3-10,12,14-16,27H,11,13,17-19H2,1-2H3. The molecule has 2 aromatic heterocycles. The highest BCUT2D eigenvalue weighted by Gasteiger charge is 2.34. The second-order valence-corrected chi connectivity index (χ2v) is 10.8. The second kappa shape index (κ2) is 12.0. The lowest BCUT2D eigenvalue weighted by Crippen LogP contribution is -2.47. The molecule has 4 aromatic rings. The lowest BCUT2D eigenvalue weighted by Gasteiger charge is -2.37. The molecule has 39 heavy (non-hydrogen) atoms. The Kier molecular flexibility index (Phi) is 8.24. The van der Waals surface area contributed by atoms with Gasteiger partial charge in [-0.1, -0.05) is 11.6 Å². The van der Waals surface area contributed by atoms with Gasteiger partial charge >= 0.3 is 0 Å². The minimum Gasteiger partial charge on any atom is -0.497 e. The van der Waals surface area contributed by atoms with E-state index in [9.17, 15) is 9.59 Å². The van der Waals surface area contributed by atoms with E-state index in [0.29, 0.717) is 41.0 Å². The molecule has 0 fully saturated rings. The van der Waals surface area contributed by atoms with Crippen molar-refractivity contribution in [1.29, 1.82) is 0 Å². The van der Waals surface area contributed by atoms with Crippen LogP contribution in [0.5, 0.6) is 11.5 Å². The van der Waals surface area contributed by atoms with Gasteiger partial charge in [-0.2, -0.15) is 0 Å². The summed E-state index contributed by atoms with van der Waals surface area (Å²) in [6, 6.07) is 17.7. The number of rotatable bonds is 9. The number of thiophene rings is 1. The Morgan fingerprint density at radius 1 is 1.13 bits per heavy atom. The minimum atomic E-state index is -0.273. The third-order valence-corrected chi connectivity index (χ3v) is 8.25. The molecular weight excluding hydrogens is 536 g/mol. The van der Waals surface area contributed by atoms with Crippen molar-refractivity contribution in [2.24, 2.45) is 0 Å². The van der Waals surface area contributed by atoms with E-state index in [2.05, 4.69) is 11.4 Å². The Hall–Kier alpha value is -3.75. The van der Waals surface area contributed by atoms with Crippen molar-refractivity contribution in [3.63, 3.8) is 0 Å². The van der Waals surface area contributed by atoms with Gasteiger partial charge in [-0.05, 0) is 90.5 Å². The van der Waals surface area contributed by atoms with Crippen molar-refractivity contribution in [2.75, 3.05) is 26.8 Å². The Balaban J connectivity index is 1.37. The molecule has 5 rings (SSSR count). The zero-order chi connectivity index (χ0) is 27.4. The van der Waals surface area contributed by atoms with Crippen molar-refractivity contribution in [3.05, 3.63) is 105 Å². The lowest BCUT2D eigenvalue weighted by atomic mass is 10.00. The van der Waals surface area contributed by atoms with Gasteiger partial charge in [0.1, 0.15) is 30.4 Å². The number of amides is 2. The van der Waals surface area contributed by atoms with Crippen molar-refractivity contribution >= 4 is 34.8 Å². The normalized spacial score (nSPS) is 14.5. The fourth-order valence-electron chi connectivity index (χ4n) is 4.72. The van der Waals surface area contributed by atoms with Crippen LogP contribution in [0.15, 0.2) is 76.7 Å². The number of ether oxygens (including phenoxy) is 2. The van der Waals surface area contributed by atoms with Crippen LogP contribution in [0.1, 0.15) is 38.2 Å². The first-order valence-corrected chi connectivity index (χ1v) is 13.9. The predicted molar refractivity (Wildman–Crippen MR) is 151 cm³/mol. The molecule has 0 aliphatic carbocycles. The Morgan fingerprint density at radius 3 is 2.64 bits per heavy atom. The van der Waals surface area contributed by atoms with E-state index >= 15 is 0 Å². The minimum absolute atomic E-state index is 0.0956. The number of methoxy groups -OCH3 is 1. The number of hydrogen-bond donors (Lipinski definition) is 0. The first-order valence-electron chi connectivity index (χ1n) is 12.6. The smallest absolute Gasteiger partial charge is 0.254 e. The summed E-state index contributed by atoms with van der Waals surface area (Å²) in [6.07, 6.45) is 2.32. The van der Waals surface area contributed by atoms with Gasteiger partial charge in [0.05, 0.1) is 26.0 Å². The number of furan rings is 1. The molecule has 7 nitrogen and oxygen atoms in total. The number of carbonyl (C=O) groups excluding carboxylic acids is 2. The number of fused-ring (bicyclic) bond motifs is 1. The largest absolute Gasteiger partial charge is 0.497 e. The lowest BCUT2D eigenvalue weighted by molar-refractivity contribution is -0.135. The SMILES string of the molecule is COc1ccc(C(=O)N(CC(=O)N2CCc3sccc3C2COc2ccc(Cl)c(C)c2)Cc2ccco2)cc1. The van der Waals surface area contributed by atoms with E-state index in [-0.39, 0.29) is 30.9 Å². The number of nitrogens with zero attached hydrogens (tertiary/aromatic N) is 2. The Bertz CT molecular complexity index is 1430. The molecular formula is C30H29ClN2O5S.